The van der Waals surface area contributed by atoms with Gasteiger partial charge in [-0.15, -0.1) is 0 Å². The van der Waals surface area contributed by atoms with E-state index in [1.807, 2.05) is 0 Å². The Morgan fingerprint density at radius 3 is 1.08 bits per heavy atom. The van der Waals surface area contributed by atoms with Crippen LogP contribution in [0.1, 0.15) is 28.7 Å². The van der Waals surface area contributed by atoms with Gasteiger partial charge in [0.25, 0.3) is 0 Å². The summed E-state index contributed by atoms with van der Waals surface area (Å²) in [6.45, 7) is 6.65. The van der Waals surface area contributed by atoms with Gasteiger partial charge in [-0.3, -0.25) is 0 Å². The van der Waals surface area contributed by atoms with Gasteiger partial charge >= 0.3 is 0 Å². The summed E-state index contributed by atoms with van der Waals surface area (Å²) in [4.78, 5) is 2.12. The largest absolute Gasteiger partial charge is 0.331 e. The maximum Gasteiger partial charge on any atom is 0.0751 e. The third-order valence-corrected chi connectivity index (χ3v) is 1.58. The van der Waals surface area contributed by atoms with Gasteiger partial charge in [0.05, 0.1) is 27.7 Å². The topological polar surface area (TPSA) is 3.24 Å². The number of nitrogens with zero attached hydrogens (tertiary/aromatic N) is 2. The highest BCUT2D eigenvalue weighted by molar-refractivity contribution is 4.25. The van der Waals surface area contributed by atoms with Crippen molar-refractivity contribution in [2.24, 2.45) is 0 Å². The van der Waals surface area contributed by atoms with Crippen molar-refractivity contribution in [2.75, 3.05) is 48.3 Å². The Hall–Kier alpha value is -0.0800. The molecule has 86 valence electrons. The van der Waals surface area contributed by atoms with Crippen LogP contribution in [0.25, 0.3) is 0 Å². The molecule has 0 spiro atoms. The van der Waals surface area contributed by atoms with Crippen LogP contribution in [0.4, 0.5) is 0 Å². The van der Waals surface area contributed by atoms with Crippen molar-refractivity contribution in [1.29, 1.82) is 0 Å². The van der Waals surface area contributed by atoms with Gasteiger partial charge in [-0.2, -0.15) is 0 Å². The second kappa shape index (κ2) is 11.9. The van der Waals surface area contributed by atoms with E-state index in [0.29, 0.717) is 0 Å². The lowest BCUT2D eigenvalue weighted by Crippen LogP contribution is -2.33. The Morgan fingerprint density at radius 1 is 0.923 bits per heavy atom. The highest BCUT2D eigenvalue weighted by Gasteiger charge is 1.97. The molecule has 0 aliphatic heterocycles. The number of hydrogen-bond acceptors (Lipinski definition) is 1. The third kappa shape index (κ3) is 48.5. The minimum Gasteiger partial charge on any atom is -0.331 e. The Kier molecular flexibility index (Phi) is 21.2. The van der Waals surface area contributed by atoms with Gasteiger partial charge in [0, 0.05) is 0 Å². The summed E-state index contributed by atoms with van der Waals surface area (Å²) in [7, 11) is 10.7. The number of quaternary nitrogens is 1. The lowest BCUT2D eigenvalue weighted by molar-refractivity contribution is -0.868. The summed E-state index contributed by atoms with van der Waals surface area (Å²) in [6.07, 6.45) is 0. The second-order valence-corrected chi connectivity index (χ2v) is 4.00. The predicted octanol–water partition coefficient (Wildman–Crippen LogP) is 2.55. The van der Waals surface area contributed by atoms with Gasteiger partial charge in [-0.25, -0.2) is 0 Å². The Bertz CT molecular complexity index is 72.6. The molecule has 0 aromatic heterocycles. The average Bonchev–Trinajstić information content (AvgIpc) is 1.88. The molecule has 0 N–H and O–H groups in total. The van der Waals surface area contributed by atoms with E-state index >= 15 is 0 Å². The molecule has 0 fully saturated rings. The molecule has 0 rings (SSSR count). The van der Waals surface area contributed by atoms with E-state index in [1.165, 1.54) is 6.54 Å². The molecule has 0 radical (unpaired) electrons. The van der Waals surface area contributed by atoms with Gasteiger partial charge in [0.2, 0.25) is 0 Å². The van der Waals surface area contributed by atoms with E-state index in [-0.39, 0.29) is 14.9 Å². The average molecular weight is 193 g/mol. The molecule has 0 atom stereocenters. The fourth-order valence-corrected chi connectivity index (χ4v) is 0. The normalized spacial score (nSPS) is 9.23. The van der Waals surface area contributed by atoms with Crippen LogP contribution in [0, 0.1) is 0 Å². The molecule has 0 aromatic carbocycles. The Labute approximate surface area is 87.1 Å². The molecule has 0 aromatic rings. The van der Waals surface area contributed by atoms with Gasteiger partial charge in [-0.05, 0) is 27.6 Å². The van der Waals surface area contributed by atoms with Crippen LogP contribution in [0.5, 0.6) is 0 Å². The maximum absolute atomic E-state index is 2.18. The van der Waals surface area contributed by atoms with Crippen molar-refractivity contribution in [3.05, 3.63) is 0 Å². The molecule has 2 heteroatoms. The standard InChI is InChI=1S/C5H14N.C4H11N.2CH4/c1-5-6(2,3)4;1-4-5(2)3;;/h5H2,1-4H3;4H2,1-3H3;2*1H4/q+1;;;. The SMILES string of the molecule is C.C.CCN(C)C.CC[N+](C)(C)C. The molecule has 13 heavy (non-hydrogen) atoms. The monoisotopic (exact) mass is 193 g/mol. The third-order valence-electron chi connectivity index (χ3n) is 1.58. The first-order valence-corrected chi connectivity index (χ1v) is 4.28. The van der Waals surface area contributed by atoms with E-state index in [2.05, 4.69) is 54.0 Å². The molecule has 0 heterocycles. The van der Waals surface area contributed by atoms with Crippen molar-refractivity contribution < 1.29 is 4.48 Å². The van der Waals surface area contributed by atoms with Gasteiger partial charge in [0.15, 0.2) is 0 Å². The summed E-state index contributed by atoms with van der Waals surface area (Å²) in [6, 6.07) is 0. The quantitative estimate of drug-likeness (QED) is 0.609. The van der Waals surface area contributed by atoms with Crippen LogP contribution in [0.3, 0.4) is 0 Å². The van der Waals surface area contributed by atoms with Gasteiger partial charge < -0.3 is 9.38 Å². The van der Waals surface area contributed by atoms with Crippen LogP contribution in [-0.2, 0) is 0 Å². The summed E-state index contributed by atoms with van der Waals surface area (Å²) in [5, 5.41) is 0. The van der Waals surface area contributed by atoms with Gasteiger partial charge in [0.1, 0.15) is 0 Å². The number of hydrogen-bond donors (Lipinski definition) is 0. The van der Waals surface area contributed by atoms with Crippen molar-refractivity contribution in [1.82, 2.24) is 4.90 Å². The fraction of sp³-hybridized carbons (Fsp3) is 1.00. The summed E-state index contributed by atoms with van der Waals surface area (Å²) in [5.74, 6) is 0. The van der Waals surface area contributed by atoms with Crippen molar-refractivity contribution >= 4 is 0 Å². The van der Waals surface area contributed by atoms with Crippen LogP contribution < -0.4 is 0 Å². The lowest BCUT2D eigenvalue weighted by Gasteiger charge is -2.20. The summed E-state index contributed by atoms with van der Waals surface area (Å²) in [5.41, 5.74) is 0. The summed E-state index contributed by atoms with van der Waals surface area (Å²) >= 11 is 0. The minimum absolute atomic E-state index is 0. The fourth-order valence-electron chi connectivity index (χ4n) is 0. The zero-order valence-corrected chi connectivity index (χ0v) is 9.31. The van der Waals surface area contributed by atoms with Gasteiger partial charge in [-0.1, -0.05) is 21.8 Å². The first kappa shape index (κ1) is 23.1. The molecular formula is C11H33N2+. The smallest absolute Gasteiger partial charge is 0.0751 e. The molecule has 0 saturated heterocycles. The van der Waals surface area contributed by atoms with E-state index in [9.17, 15) is 0 Å². The molecule has 0 aliphatic carbocycles. The second-order valence-electron chi connectivity index (χ2n) is 4.00. The van der Waals surface area contributed by atoms with Crippen molar-refractivity contribution in [2.45, 2.75) is 28.7 Å². The predicted molar refractivity (Wildman–Crippen MR) is 66.3 cm³/mol. The Morgan fingerprint density at radius 2 is 1.08 bits per heavy atom. The minimum atomic E-state index is 0. The summed E-state index contributed by atoms with van der Waals surface area (Å²) < 4.78 is 1.07. The number of rotatable bonds is 2. The Balaban J connectivity index is -0.0000000546. The highest BCUT2D eigenvalue weighted by Crippen LogP contribution is 1.83. The molecule has 0 unspecified atom stereocenters. The molecule has 0 saturated carbocycles. The van der Waals surface area contributed by atoms with Crippen molar-refractivity contribution in [3.63, 3.8) is 0 Å². The molecule has 2 nitrogen and oxygen atoms in total. The van der Waals surface area contributed by atoms with Crippen LogP contribution in [0.2, 0.25) is 0 Å². The first-order valence-electron chi connectivity index (χ1n) is 4.28. The van der Waals surface area contributed by atoms with E-state index < -0.39 is 0 Å². The molecule has 0 aliphatic rings. The van der Waals surface area contributed by atoms with Crippen LogP contribution in [0.15, 0.2) is 0 Å². The zero-order chi connectivity index (χ0) is 9.49. The molecule has 0 amide bonds. The molecule has 0 bridgehead atoms. The van der Waals surface area contributed by atoms with E-state index in [0.717, 1.165) is 11.0 Å². The molecular weight excluding hydrogens is 160 g/mol. The van der Waals surface area contributed by atoms with E-state index in [4.69, 9.17) is 0 Å². The first-order chi connectivity index (χ1) is 4.83. The van der Waals surface area contributed by atoms with Crippen molar-refractivity contribution in [3.8, 4) is 0 Å². The van der Waals surface area contributed by atoms with Crippen LogP contribution in [-0.4, -0.2) is 57.7 Å². The highest BCUT2D eigenvalue weighted by atomic mass is 15.3. The van der Waals surface area contributed by atoms with E-state index in [1.54, 1.807) is 0 Å². The lowest BCUT2D eigenvalue weighted by atomic mass is 10.6. The maximum atomic E-state index is 2.18. The zero-order valence-electron chi connectivity index (χ0n) is 9.31. The van der Waals surface area contributed by atoms with Crippen LogP contribution >= 0.6 is 0 Å².